The fourth-order valence-electron chi connectivity index (χ4n) is 8.15. The van der Waals surface area contributed by atoms with E-state index in [1.165, 1.54) is 19.8 Å². The lowest BCUT2D eigenvalue weighted by atomic mass is 9.44. The molecule has 152 valence electrons. The first-order chi connectivity index (χ1) is 12.6. The third kappa shape index (κ3) is 2.65. The average Bonchev–Trinajstić information content (AvgIpc) is 2.87. The summed E-state index contributed by atoms with van der Waals surface area (Å²) in [6.45, 7) is 7.76. The molecule has 4 heteroatoms. The van der Waals surface area contributed by atoms with E-state index in [1.807, 2.05) is 0 Å². The zero-order chi connectivity index (χ0) is 19.6. The van der Waals surface area contributed by atoms with Crippen LogP contribution in [0.4, 0.5) is 0 Å². The predicted octanol–water partition coefficient (Wildman–Crippen LogP) is 4.28. The second kappa shape index (κ2) is 6.30. The molecule has 0 unspecified atom stereocenters. The molecule has 0 aromatic heterocycles. The van der Waals surface area contributed by atoms with Crippen molar-refractivity contribution >= 4 is 11.8 Å². The minimum absolute atomic E-state index is 0.0345. The van der Waals surface area contributed by atoms with Crippen LogP contribution in [0.1, 0.15) is 85.5 Å². The molecule has 4 saturated carbocycles. The van der Waals surface area contributed by atoms with Gasteiger partial charge < -0.3 is 9.84 Å². The Bertz CT molecular complexity index is 644. The Kier molecular flexibility index (Phi) is 4.53. The molecule has 4 rings (SSSR count). The third-order valence-electron chi connectivity index (χ3n) is 9.68. The summed E-state index contributed by atoms with van der Waals surface area (Å²) in [5.41, 5.74) is -1.05. The maximum absolute atomic E-state index is 12.3. The van der Waals surface area contributed by atoms with E-state index in [-0.39, 0.29) is 23.3 Å². The van der Waals surface area contributed by atoms with Gasteiger partial charge in [0.25, 0.3) is 0 Å². The molecule has 0 amide bonds. The van der Waals surface area contributed by atoms with Crippen molar-refractivity contribution in [3.05, 3.63) is 0 Å². The highest BCUT2D eigenvalue weighted by molar-refractivity contribution is 5.86. The molecule has 0 radical (unpaired) electrons. The van der Waals surface area contributed by atoms with E-state index < -0.39 is 5.60 Å². The third-order valence-corrected chi connectivity index (χ3v) is 9.68. The highest BCUT2D eigenvalue weighted by Gasteiger charge is 2.66. The van der Waals surface area contributed by atoms with Crippen LogP contribution < -0.4 is 0 Å². The lowest BCUT2D eigenvalue weighted by molar-refractivity contribution is -0.175. The maximum Gasteiger partial charge on any atom is 0.302 e. The van der Waals surface area contributed by atoms with Gasteiger partial charge in [0.05, 0.1) is 0 Å². The molecule has 0 aromatic rings. The van der Waals surface area contributed by atoms with Gasteiger partial charge in [-0.25, -0.2) is 0 Å². The van der Waals surface area contributed by atoms with Gasteiger partial charge >= 0.3 is 5.97 Å². The standard InChI is InChI=1S/C23H36O4/c1-14(24)23(26)12-9-20-18-6-5-16-13-17(27-15(2)25)7-10-21(16,3)19(18)8-11-22(20,23)4/h16-20,26H,5-13H2,1-4H3/t16-,17+,18-,19+,20+,21-,22-,23-/m0/s1. The van der Waals surface area contributed by atoms with Crippen molar-refractivity contribution < 1.29 is 19.4 Å². The van der Waals surface area contributed by atoms with Crippen LogP contribution >= 0.6 is 0 Å². The monoisotopic (exact) mass is 376 g/mol. The summed E-state index contributed by atoms with van der Waals surface area (Å²) in [4.78, 5) is 23.7. The smallest absolute Gasteiger partial charge is 0.302 e. The largest absolute Gasteiger partial charge is 0.463 e. The van der Waals surface area contributed by atoms with Gasteiger partial charge in [-0.05, 0) is 93.8 Å². The first-order valence-electron chi connectivity index (χ1n) is 11.0. The summed E-state index contributed by atoms with van der Waals surface area (Å²) >= 11 is 0. The van der Waals surface area contributed by atoms with E-state index in [4.69, 9.17) is 4.74 Å². The van der Waals surface area contributed by atoms with Crippen molar-refractivity contribution in [3.63, 3.8) is 0 Å². The van der Waals surface area contributed by atoms with Gasteiger partial charge in [0, 0.05) is 12.3 Å². The van der Waals surface area contributed by atoms with Crippen molar-refractivity contribution in [2.45, 2.75) is 97.2 Å². The summed E-state index contributed by atoms with van der Waals surface area (Å²) in [6, 6.07) is 0. The van der Waals surface area contributed by atoms with E-state index in [9.17, 15) is 14.7 Å². The van der Waals surface area contributed by atoms with E-state index in [2.05, 4.69) is 13.8 Å². The molecule has 0 bridgehead atoms. The second-order valence-electron chi connectivity index (χ2n) is 10.6. The summed E-state index contributed by atoms with van der Waals surface area (Å²) in [7, 11) is 0. The SMILES string of the molecule is CC(=O)O[C@@H]1CC[C@@]2(C)[C@@H](CC[C@H]3[C@H]2CC[C@@]2(C)[C@@H]3CC[C@]2(O)C(C)=O)C1. The van der Waals surface area contributed by atoms with Crippen LogP contribution in [-0.4, -0.2) is 28.6 Å². The Morgan fingerprint density at radius 3 is 2.30 bits per heavy atom. The van der Waals surface area contributed by atoms with E-state index in [1.54, 1.807) is 6.92 Å². The molecule has 0 aromatic carbocycles. The van der Waals surface area contributed by atoms with Crippen LogP contribution in [0.15, 0.2) is 0 Å². The van der Waals surface area contributed by atoms with Gasteiger partial charge in [-0.2, -0.15) is 0 Å². The first kappa shape index (κ1) is 19.4. The molecule has 0 heterocycles. The van der Waals surface area contributed by atoms with Gasteiger partial charge in [0.1, 0.15) is 11.7 Å². The average molecular weight is 377 g/mol. The first-order valence-corrected chi connectivity index (χ1v) is 11.0. The van der Waals surface area contributed by atoms with Gasteiger partial charge in [-0.1, -0.05) is 13.8 Å². The summed E-state index contributed by atoms with van der Waals surface area (Å²) in [5.74, 6) is 2.22. The maximum atomic E-state index is 12.3. The number of carbonyl (C=O) groups excluding carboxylic acids is 2. The zero-order valence-corrected chi connectivity index (χ0v) is 17.4. The molecular formula is C23H36O4. The van der Waals surface area contributed by atoms with Crippen molar-refractivity contribution in [2.24, 2.45) is 34.5 Å². The number of esters is 1. The number of Topliss-reactive ketones (excluding diaryl/α,β-unsaturated/α-hetero) is 1. The molecular weight excluding hydrogens is 340 g/mol. The summed E-state index contributed by atoms with van der Waals surface area (Å²) < 4.78 is 5.55. The van der Waals surface area contributed by atoms with Crippen molar-refractivity contribution in [1.29, 1.82) is 0 Å². The Hall–Kier alpha value is -0.900. The molecule has 8 atom stereocenters. The molecule has 0 saturated heterocycles. The molecule has 4 aliphatic rings. The van der Waals surface area contributed by atoms with Crippen LogP contribution in [0.3, 0.4) is 0 Å². The molecule has 4 fully saturated rings. The molecule has 4 aliphatic carbocycles. The Labute approximate surface area is 163 Å². The number of hydrogen-bond donors (Lipinski definition) is 1. The van der Waals surface area contributed by atoms with Gasteiger partial charge in [0.2, 0.25) is 0 Å². The number of ether oxygens (including phenoxy) is 1. The fraction of sp³-hybridized carbons (Fsp3) is 0.913. The highest BCUT2D eigenvalue weighted by atomic mass is 16.5. The zero-order valence-electron chi connectivity index (χ0n) is 17.4. The minimum atomic E-state index is -1.12. The molecule has 4 nitrogen and oxygen atoms in total. The lowest BCUT2D eigenvalue weighted by Gasteiger charge is -2.61. The van der Waals surface area contributed by atoms with Crippen LogP contribution in [0.25, 0.3) is 0 Å². The Balaban J connectivity index is 1.56. The molecule has 1 N–H and O–H groups in total. The summed E-state index contributed by atoms with van der Waals surface area (Å²) in [6.07, 6.45) is 9.34. The van der Waals surface area contributed by atoms with E-state index in [0.29, 0.717) is 35.5 Å². The normalized spacial score (nSPS) is 51.7. The second-order valence-corrected chi connectivity index (χ2v) is 10.6. The molecule has 27 heavy (non-hydrogen) atoms. The molecule has 0 aliphatic heterocycles. The van der Waals surface area contributed by atoms with Gasteiger partial charge in [-0.3, -0.25) is 9.59 Å². The van der Waals surface area contributed by atoms with Crippen LogP contribution in [0.5, 0.6) is 0 Å². The Morgan fingerprint density at radius 1 is 0.926 bits per heavy atom. The van der Waals surface area contributed by atoms with Gasteiger partial charge in [0.15, 0.2) is 5.78 Å². The number of fused-ring (bicyclic) bond motifs is 5. The van der Waals surface area contributed by atoms with Crippen molar-refractivity contribution in [3.8, 4) is 0 Å². The van der Waals surface area contributed by atoms with E-state index >= 15 is 0 Å². The quantitative estimate of drug-likeness (QED) is 0.731. The number of rotatable bonds is 2. The number of aliphatic hydroxyl groups is 1. The number of carbonyl (C=O) groups is 2. The van der Waals surface area contributed by atoms with Crippen LogP contribution in [0.2, 0.25) is 0 Å². The fourth-order valence-corrected chi connectivity index (χ4v) is 8.15. The van der Waals surface area contributed by atoms with Crippen molar-refractivity contribution in [2.75, 3.05) is 0 Å². The Morgan fingerprint density at radius 2 is 1.63 bits per heavy atom. The summed E-state index contributed by atoms with van der Waals surface area (Å²) in [5, 5.41) is 11.2. The van der Waals surface area contributed by atoms with Gasteiger partial charge in [-0.15, -0.1) is 0 Å². The van der Waals surface area contributed by atoms with Crippen molar-refractivity contribution in [1.82, 2.24) is 0 Å². The van der Waals surface area contributed by atoms with Crippen LogP contribution in [0, 0.1) is 34.5 Å². The van der Waals surface area contributed by atoms with E-state index in [0.717, 1.165) is 38.5 Å². The molecule has 0 spiro atoms. The number of ketones is 1. The minimum Gasteiger partial charge on any atom is -0.463 e. The number of hydrogen-bond acceptors (Lipinski definition) is 4. The lowest BCUT2D eigenvalue weighted by Crippen LogP contribution is -2.58. The highest BCUT2D eigenvalue weighted by Crippen LogP contribution is 2.68. The van der Waals surface area contributed by atoms with Crippen LogP contribution in [-0.2, 0) is 14.3 Å². The predicted molar refractivity (Wildman–Crippen MR) is 103 cm³/mol. The topological polar surface area (TPSA) is 63.6 Å².